The lowest BCUT2D eigenvalue weighted by atomic mass is 9.77. The van der Waals surface area contributed by atoms with Gasteiger partial charge in [-0.05, 0) is 52.4 Å². The van der Waals surface area contributed by atoms with Gasteiger partial charge in [0.2, 0.25) is 0 Å². The summed E-state index contributed by atoms with van der Waals surface area (Å²) in [6.07, 6.45) is 2.78. The SMILES string of the molecule is COc1cc([C@H](N)[C@H](O)C2CCC2)cc(OC)c1Br. The molecule has 0 radical (unpaired) electrons. The molecule has 2 rings (SSSR count). The molecule has 1 aliphatic rings. The monoisotopic (exact) mass is 329 g/mol. The summed E-state index contributed by atoms with van der Waals surface area (Å²) in [5.41, 5.74) is 7.00. The third kappa shape index (κ3) is 2.88. The molecule has 3 N–H and O–H groups in total. The summed E-state index contributed by atoms with van der Waals surface area (Å²) in [5.74, 6) is 1.63. The maximum absolute atomic E-state index is 10.3. The molecule has 1 aromatic carbocycles. The van der Waals surface area contributed by atoms with Crippen LogP contribution >= 0.6 is 15.9 Å². The summed E-state index contributed by atoms with van der Waals surface area (Å²) in [4.78, 5) is 0. The van der Waals surface area contributed by atoms with Gasteiger partial charge in [0.1, 0.15) is 16.0 Å². The van der Waals surface area contributed by atoms with Crippen molar-refractivity contribution in [3.63, 3.8) is 0 Å². The van der Waals surface area contributed by atoms with Gasteiger partial charge in [0.25, 0.3) is 0 Å². The van der Waals surface area contributed by atoms with Crippen molar-refractivity contribution < 1.29 is 14.6 Å². The first-order valence-electron chi connectivity index (χ1n) is 6.43. The van der Waals surface area contributed by atoms with Gasteiger partial charge in [0.05, 0.1) is 26.4 Å². The Morgan fingerprint density at radius 2 is 1.79 bits per heavy atom. The third-order valence-corrected chi connectivity index (χ3v) is 4.64. The van der Waals surface area contributed by atoms with Crippen LogP contribution in [-0.4, -0.2) is 25.4 Å². The summed E-state index contributed by atoms with van der Waals surface area (Å²) in [7, 11) is 3.19. The Balaban J connectivity index is 2.27. The zero-order chi connectivity index (χ0) is 14.0. The lowest BCUT2D eigenvalue weighted by Crippen LogP contribution is -2.36. The zero-order valence-electron chi connectivity index (χ0n) is 11.2. The van der Waals surface area contributed by atoms with Gasteiger partial charge >= 0.3 is 0 Å². The minimum Gasteiger partial charge on any atom is -0.495 e. The summed E-state index contributed by atoms with van der Waals surface area (Å²) in [6, 6.07) is 3.28. The second-order valence-corrected chi connectivity index (χ2v) is 5.74. The molecule has 5 heteroatoms. The Bertz CT molecular complexity index is 423. The van der Waals surface area contributed by atoms with E-state index in [4.69, 9.17) is 15.2 Å². The average molecular weight is 330 g/mol. The number of ether oxygens (including phenoxy) is 2. The highest BCUT2D eigenvalue weighted by Crippen LogP contribution is 2.40. The van der Waals surface area contributed by atoms with Crippen molar-refractivity contribution in [1.82, 2.24) is 0 Å². The molecule has 0 unspecified atom stereocenters. The van der Waals surface area contributed by atoms with Crippen LogP contribution in [-0.2, 0) is 0 Å². The van der Waals surface area contributed by atoms with E-state index >= 15 is 0 Å². The van der Waals surface area contributed by atoms with Gasteiger partial charge in [-0.2, -0.15) is 0 Å². The molecule has 0 aliphatic heterocycles. The molecule has 0 heterocycles. The van der Waals surface area contributed by atoms with Crippen molar-refractivity contribution in [1.29, 1.82) is 0 Å². The topological polar surface area (TPSA) is 64.7 Å². The van der Waals surface area contributed by atoms with E-state index in [2.05, 4.69) is 15.9 Å². The highest BCUT2D eigenvalue weighted by molar-refractivity contribution is 9.10. The maximum atomic E-state index is 10.3. The van der Waals surface area contributed by atoms with E-state index in [0.29, 0.717) is 17.4 Å². The quantitative estimate of drug-likeness (QED) is 0.871. The molecule has 2 atom stereocenters. The Morgan fingerprint density at radius 3 is 2.16 bits per heavy atom. The van der Waals surface area contributed by atoms with E-state index in [1.54, 1.807) is 14.2 Å². The Labute approximate surface area is 122 Å². The van der Waals surface area contributed by atoms with Gasteiger partial charge in [-0.3, -0.25) is 0 Å². The predicted octanol–water partition coefficient (Wildman–Crippen LogP) is 2.63. The molecule has 0 saturated heterocycles. The summed E-state index contributed by atoms with van der Waals surface area (Å²) in [6.45, 7) is 0. The van der Waals surface area contributed by atoms with E-state index in [-0.39, 0.29) is 0 Å². The van der Waals surface area contributed by atoms with Crippen molar-refractivity contribution in [2.45, 2.75) is 31.4 Å². The second-order valence-electron chi connectivity index (χ2n) is 4.95. The lowest BCUT2D eigenvalue weighted by Gasteiger charge is -2.34. The molecular formula is C14H20BrNO3. The molecule has 1 aromatic rings. The number of aliphatic hydroxyl groups is 1. The second kappa shape index (κ2) is 6.11. The summed E-state index contributed by atoms with van der Waals surface area (Å²) in [5, 5.41) is 10.3. The lowest BCUT2D eigenvalue weighted by molar-refractivity contribution is 0.0413. The van der Waals surface area contributed by atoms with Crippen molar-refractivity contribution in [3.8, 4) is 11.5 Å². The molecular weight excluding hydrogens is 310 g/mol. The van der Waals surface area contributed by atoms with E-state index in [1.165, 1.54) is 6.42 Å². The molecule has 19 heavy (non-hydrogen) atoms. The first-order valence-corrected chi connectivity index (χ1v) is 7.22. The minimum absolute atomic E-state index is 0.315. The molecule has 1 saturated carbocycles. The fraction of sp³-hybridized carbons (Fsp3) is 0.571. The number of nitrogens with two attached hydrogens (primary N) is 1. The fourth-order valence-electron chi connectivity index (χ4n) is 2.35. The highest BCUT2D eigenvalue weighted by Gasteiger charge is 2.31. The van der Waals surface area contributed by atoms with Crippen LogP contribution in [0, 0.1) is 5.92 Å². The number of aliphatic hydroxyl groups excluding tert-OH is 1. The average Bonchev–Trinajstić information content (AvgIpc) is 2.36. The van der Waals surface area contributed by atoms with Gasteiger partial charge in [-0.15, -0.1) is 0 Å². The molecule has 4 nitrogen and oxygen atoms in total. The van der Waals surface area contributed by atoms with Crippen molar-refractivity contribution in [2.24, 2.45) is 11.7 Å². The van der Waals surface area contributed by atoms with Crippen LogP contribution in [0.4, 0.5) is 0 Å². The fourth-order valence-corrected chi connectivity index (χ4v) is 2.91. The smallest absolute Gasteiger partial charge is 0.137 e. The molecule has 0 bridgehead atoms. The first kappa shape index (κ1) is 14.6. The zero-order valence-corrected chi connectivity index (χ0v) is 12.8. The number of hydrogen-bond acceptors (Lipinski definition) is 4. The van der Waals surface area contributed by atoms with Gasteiger partial charge in [-0.1, -0.05) is 6.42 Å². The largest absolute Gasteiger partial charge is 0.495 e. The van der Waals surface area contributed by atoms with Gasteiger partial charge < -0.3 is 20.3 Å². The summed E-state index contributed by atoms with van der Waals surface area (Å²) >= 11 is 3.42. The van der Waals surface area contributed by atoms with Gasteiger partial charge in [0.15, 0.2) is 0 Å². The standard InChI is InChI=1S/C14H20BrNO3/c1-18-10-6-9(7-11(19-2)12(10)15)13(16)14(17)8-4-3-5-8/h6-8,13-14,17H,3-5,16H2,1-2H3/t13-,14+/m0/s1. The molecule has 0 aromatic heterocycles. The molecule has 0 spiro atoms. The Kier molecular flexibility index (Phi) is 4.71. The van der Waals surface area contributed by atoms with E-state index < -0.39 is 12.1 Å². The number of halogens is 1. The maximum Gasteiger partial charge on any atom is 0.137 e. The summed E-state index contributed by atoms with van der Waals surface area (Å²) < 4.78 is 11.3. The van der Waals surface area contributed by atoms with Crippen LogP contribution in [0.15, 0.2) is 16.6 Å². The minimum atomic E-state index is -0.510. The Morgan fingerprint density at radius 1 is 1.26 bits per heavy atom. The number of benzene rings is 1. The molecule has 106 valence electrons. The Hall–Kier alpha value is -0.780. The van der Waals surface area contributed by atoms with Crippen LogP contribution in [0.25, 0.3) is 0 Å². The normalized spacial score (nSPS) is 18.6. The molecule has 0 amide bonds. The predicted molar refractivity (Wildman–Crippen MR) is 77.5 cm³/mol. The van der Waals surface area contributed by atoms with Crippen molar-refractivity contribution in [2.75, 3.05) is 14.2 Å². The number of hydrogen-bond donors (Lipinski definition) is 2. The van der Waals surface area contributed by atoms with Crippen LogP contribution in [0.3, 0.4) is 0 Å². The van der Waals surface area contributed by atoms with Crippen LogP contribution < -0.4 is 15.2 Å². The molecule has 1 aliphatic carbocycles. The number of rotatable bonds is 5. The van der Waals surface area contributed by atoms with E-state index in [9.17, 15) is 5.11 Å². The van der Waals surface area contributed by atoms with Crippen LogP contribution in [0.5, 0.6) is 11.5 Å². The number of methoxy groups -OCH3 is 2. The highest BCUT2D eigenvalue weighted by atomic mass is 79.9. The van der Waals surface area contributed by atoms with Gasteiger partial charge in [0, 0.05) is 0 Å². The molecule has 1 fully saturated rings. The van der Waals surface area contributed by atoms with Crippen LogP contribution in [0.1, 0.15) is 30.9 Å². The first-order chi connectivity index (χ1) is 9.08. The third-order valence-electron chi connectivity index (χ3n) is 3.85. The van der Waals surface area contributed by atoms with Crippen molar-refractivity contribution >= 4 is 15.9 Å². The van der Waals surface area contributed by atoms with Crippen LogP contribution in [0.2, 0.25) is 0 Å². The van der Waals surface area contributed by atoms with E-state index in [1.807, 2.05) is 12.1 Å². The van der Waals surface area contributed by atoms with Crippen molar-refractivity contribution in [3.05, 3.63) is 22.2 Å². The van der Waals surface area contributed by atoms with E-state index in [0.717, 1.165) is 22.9 Å². The van der Waals surface area contributed by atoms with Gasteiger partial charge in [-0.25, -0.2) is 0 Å².